The first-order chi connectivity index (χ1) is 14.4. The summed E-state index contributed by atoms with van der Waals surface area (Å²) in [5, 5.41) is 0.567. The summed E-state index contributed by atoms with van der Waals surface area (Å²) in [6, 6.07) is 13.9. The highest BCUT2D eigenvalue weighted by Crippen LogP contribution is 2.42. The van der Waals surface area contributed by atoms with Crippen molar-refractivity contribution in [1.82, 2.24) is 14.5 Å². The highest BCUT2D eigenvalue weighted by Gasteiger charge is 2.49. The van der Waals surface area contributed by atoms with Crippen LogP contribution in [0.15, 0.2) is 61.1 Å². The van der Waals surface area contributed by atoms with E-state index in [-0.39, 0.29) is 11.7 Å². The quantitative estimate of drug-likeness (QED) is 0.530. The van der Waals surface area contributed by atoms with Crippen LogP contribution in [0.2, 0.25) is 5.02 Å². The van der Waals surface area contributed by atoms with E-state index in [1.54, 1.807) is 18.5 Å². The van der Waals surface area contributed by atoms with Gasteiger partial charge in [0.2, 0.25) is 0 Å². The largest absolute Gasteiger partial charge is 0.330 e. The average Bonchev–Trinajstić information content (AvgIpc) is 3.19. The molecule has 30 heavy (non-hydrogen) atoms. The fraction of sp³-hybridized carbons (Fsp3) is 0.333. The fourth-order valence-electron chi connectivity index (χ4n) is 4.25. The second-order valence-electron chi connectivity index (χ2n) is 8.32. The number of hydrogen-bond donors (Lipinski definition) is 0. The summed E-state index contributed by atoms with van der Waals surface area (Å²) >= 11 is 6.64. The Morgan fingerprint density at radius 3 is 2.60 bits per heavy atom. The molecule has 0 fully saturated rings. The molecule has 0 spiro atoms. The molecule has 4 rings (SSSR count). The van der Waals surface area contributed by atoms with E-state index in [0.717, 1.165) is 23.2 Å². The van der Waals surface area contributed by atoms with Gasteiger partial charge in [0, 0.05) is 23.3 Å². The first-order valence-electron chi connectivity index (χ1n) is 10.2. The predicted octanol–water partition coefficient (Wildman–Crippen LogP) is 5.40. The molecule has 0 saturated heterocycles. The number of carbonyl (C=O) groups is 1. The third-order valence-corrected chi connectivity index (χ3v) is 6.14. The van der Waals surface area contributed by atoms with E-state index in [1.165, 1.54) is 12.1 Å². The molecule has 0 saturated carbocycles. The van der Waals surface area contributed by atoms with Gasteiger partial charge < -0.3 is 9.47 Å². The van der Waals surface area contributed by atoms with E-state index < -0.39 is 5.54 Å². The molecule has 6 heteroatoms. The molecule has 1 unspecified atom stereocenters. The fourth-order valence-corrected chi connectivity index (χ4v) is 4.55. The van der Waals surface area contributed by atoms with Crippen LogP contribution >= 0.6 is 11.6 Å². The van der Waals surface area contributed by atoms with Gasteiger partial charge in [-0.05, 0) is 42.5 Å². The van der Waals surface area contributed by atoms with Gasteiger partial charge in [0.1, 0.15) is 5.82 Å². The Hall–Kier alpha value is -2.66. The van der Waals surface area contributed by atoms with Crippen molar-refractivity contribution in [2.24, 2.45) is 5.92 Å². The normalized spacial score (nSPS) is 18.7. The lowest BCUT2D eigenvalue weighted by molar-refractivity contribution is -0.143. The van der Waals surface area contributed by atoms with Crippen LogP contribution in [-0.4, -0.2) is 20.4 Å². The maximum atomic E-state index is 14.1. The summed E-state index contributed by atoms with van der Waals surface area (Å²) in [7, 11) is 0. The lowest BCUT2D eigenvalue weighted by atomic mass is 9.80. The van der Waals surface area contributed by atoms with E-state index >= 15 is 0 Å². The Bertz CT molecular complexity index is 1050. The number of amides is 1. The molecule has 156 valence electrons. The van der Waals surface area contributed by atoms with Crippen molar-refractivity contribution < 1.29 is 9.18 Å². The van der Waals surface area contributed by atoms with Crippen molar-refractivity contribution in [3.63, 3.8) is 0 Å². The van der Waals surface area contributed by atoms with Crippen molar-refractivity contribution in [3.8, 4) is 0 Å². The summed E-state index contributed by atoms with van der Waals surface area (Å²) in [6.07, 6.45) is 5.03. The van der Waals surface area contributed by atoms with E-state index in [0.29, 0.717) is 30.5 Å². The zero-order valence-corrected chi connectivity index (χ0v) is 17.9. The highest BCUT2D eigenvalue weighted by molar-refractivity contribution is 6.31. The lowest BCUT2D eigenvalue weighted by Gasteiger charge is -2.44. The molecule has 1 aliphatic heterocycles. The van der Waals surface area contributed by atoms with Crippen LogP contribution in [0.5, 0.6) is 0 Å². The van der Waals surface area contributed by atoms with Crippen LogP contribution in [0.4, 0.5) is 4.39 Å². The van der Waals surface area contributed by atoms with Crippen molar-refractivity contribution in [2.45, 2.75) is 45.3 Å². The molecule has 0 aliphatic carbocycles. The zero-order valence-electron chi connectivity index (χ0n) is 17.2. The third kappa shape index (κ3) is 3.63. The van der Waals surface area contributed by atoms with E-state index in [2.05, 4.69) is 18.8 Å². The molecule has 1 atom stereocenters. The van der Waals surface area contributed by atoms with Crippen LogP contribution in [0.25, 0.3) is 0 Å². The molecule has 0 bridgehead atoms. The Labute approximate surface area is 181 Å². The van der Waals surface area contributed by atoms with Crippen molar-refractivity contribution in [2.75, 3.05) is 0 Å². The highest BCUT2D eigenvalue weighted by atomic mass is 35.5. The van der Waals surface area contributed by atoms with Gasteiger partial charge in [-0.3, -0.25) is 4.79 Å². The van der Waals surface area contributed by atoms with Gasteiger partial charge in [0.15, 0.2) is 5.54 Å². The predicted molar refractivity (Wildman–Crippen MR) is 115 cm³/mol. The average molecular weight is 426 g/mol. The number of halogens is 2. The summed E-state index contributed by atoms with van der Waals surface area (Å²) < 4.78 is 15.4. The van der Waals surface area contributed by atoms with Crippen molar-refractivity contribution >= 4 is 17.5 Å². The minimum atomic E-state index is -0.952. The Balaban J connectivity index is 1.83. The van der Waals surface area contributed by atoms with Crippen LogP contribution in [0, 0.1) is 11.7 Å². The van der Waals surface area contributed by atoms with Gasteiger partial charge in [-0.1, -0.05) is 55.8 Å². The summed E-state index contributed by atoms with van der Waals surface area (Å²) in [6.45, 7) is 5.15. The van der Waals surface area contributed by atoms with E-state index in [9.17, 15) is 9.18 Å². The third-order valence-electron chi connectivity index (χ3n) is 5.81. The number of rotatable bonds is 6. The molecule has 2 aromatic carbocycles. The topological polar surface area (TPSA) is 38.1 Å². The number of fused-ring (bicyclic) bond motifs is 1. The molecule has 0 radical (unpaired) electrons. The minimum Gasteiger partial charge on any atom is -0.330 e. The minimum absolute atomic E-state index is 0.00826. The van der Waals surface area contributed by atoms with Gasteiger partial charge in [-0.15, -0.1) is 0 Å². The SMILES string of the molecule is CC(C)CCC1(c2ccccc2Cl)C(=O)N(Cc2ccc(F)cc2)Cc2cncn21. The van der Waals surface area contributed by atoms with E-state index in [1.807, 2.05) is 39.9 Å². The molecule has 1 amide bonds. The molecular weight excluding hydrogens is 401 g/mol. The van der Waals surface area contributed by atoms with Crippen LogP contribution in [0.3, 0.4) is 0 Å². The van der Waals surface area contributed by atoms with Crippen molar-refractivity contribution in [1.29, 1.82) is 0 Å². The smallest absolute Gasteiger partial charge is 0.254 e. The van der Waals surface area contributed by atoms with Crippen LogP contribution in [0.1, 0.15) is 43.5 Å². The standard InChI is InChI=1S/C24H25ClFN3O/c1-17(2)11-12-24(21-5-3-4-6-22(21)25)23(30)28(15-20-13-27-16-29(20)24)14-18-7-9-19(26)10-8-18/h3-10,13,16-17H,11-12,14-15H2,1-2H3. The maximum absolute atomic E-state index is 14.1. The molecule has 4 nitrogen and oxygen atoms in total. The van der Waals surface area contributed by atoms with Gasteiger partial charge in [0.25, 0.3) is 5.91 Å². The number of imidazole rings is 1. The van der Waals surface area contributed by atoms with Gasteiger partial charge >= 0.3 is 0 Å². The summed E-state index contributed by atoms with van der Waals surface area (Å²) in [5.41, 5.74) is 1.68. The number of hydrogen-bond acceptors (Lipinski definition) is 2. The second kappa shape index (κ2) is 8.23. The monoisotopic (exact) mass is 425 g/mol. The molecular formula is C24H25ClFN3O. The van der Waals surface area contributed by atoms with E-state index in [4.69, 9.17) is 11.6 Å². The Kier molecular flexibility index (Phi) is 5.65. The van der Waals surface area contributed by atoms with Crippen molar-refractivity contribution in [3.05, 3.63) is 88.7 Å². The number of benzene rings is 2. The van der Waals surface area contributed by atoms with Gasteiger partial charge in [-0.25, -0.2) is 9.37 Å². The molecule has 1 aromatic heterocycles. The summed E-state index contributed by atoms with van der Waals surface area (Å²) in [5.74, 6) is 0.131. The van der Waals surface area contributed by atoms with Crippen LogP contribution < -0.4 is 0 Å². The van der Waals surface area contributed by atoms with Gasteiger partial charge in [-0.2, -0.15) is 0 Å². The van der Waals surface area contributed by atoms with Crippen LogP contribution in [-0.2, 0) is 23.4 Å². The molecule has 0 N–H and O–H groups in total. The molecule has 3 aromatic rings. The molecule has 1 aliphatic rings. The zero-order chi connectivity index (χ0) is 21.3. The first kappa shape index (κ1) is 20.6. The number of nitrogens with zero attached hydrogens (tertiary/aromatic N) is 3. The number of aromatic nitrogens is 2. The lowest BCUT2D eigenvalue weighted by Crippen LogP contribution is -2.55. The summed E-state index contributed by atoms with van der Waals surface area (Å²) in [4.78, 5) is 20.3. The molecule has 2 heterocycles. The first-order valence-corrected chi connectivity index (χ1v) is 10.6. The Morgan fingerprint density at radius 2 is 1.90 bits per heavy atom. The maximum Gasteiger partial charge on any atom is 0.254 e. The Morgan fingerprint density at radius 1 is 1.17 bits per heavy atom. The number of carbonyl (C=O) groups excluding carboxylic acids is 1. The second-order valence-corrected chi connectivity index (χ2v) is 8.72. The van der Waals surface area contributed by atoms with Gasteiger partial charge in [0.05, 0.1) is 18.6 Å².